The van der Waals surface area contributed by atoms with Crippen LogP contribution in [0.4, 0.5) is 8.78 Å². The molecule has 0 aliphatic rings. The van der Waals surface area contributed by atoms with Gasteiger partial charge in [-0.2, -0.15) is 0 Å². The van der Waals surface area contributed by atoms with E-state index in [1.807, 2.05) is 5.32 Å². The maximum Gasteiger partial charge on any atom is 0.288 e. The molecule has 3 aromatic rings. The first-order chi connectivity index (χ1) is 12.5. The van der Waals surface area contributed by atoms with Gasteiger partial charge in [0, 0.05) is 6.20 Å². The molecule has 0 spiro atoms. The number of aromatic nitrogens is 3. The quantitative estimate of drug-likeness (QED) is 0.750. The summed E-state index contributed by atoms with van der Waals surface area (Å²) in [6.07, 6.45) is -1.25. The van der Waals surface area contributed by atoms with E-state index in [1.165, 1.54) is 17.9 Å². The highest BCUT2D eigenvalue weighted by Gasteiger charge is 2.20. The Kier molecular flexibility index (Phi) is 4.87. The van der Waals surface area contributed by atoms with Gasteiger partial charge in [-0.3, -0.25) is 14.2 Å². The lowest BCUT2D eigenvalue weighted by molar-refractivity contribution is 0.0885. The first-order valence-corrected chi connectivity index (χ1v) is 7.60. The van der Waals surface area contributed by atoms with Crippen molar-refractivity contribution < 1.29 is 18.3 Å². The Morgan fingerprint density at radius 2 is 2.00 bits per heavy atom. The molecule has 3 rings (SSSR count). The number of ether oxygens (including phenoxy) is 1. The molecular weight excluding hydrogens is 346 g/mol. The molecule has 0 radical (unpaired) electrons. The predicted molar refractivity (Wildman–Crippen MR) is 90.0 cm³/mol. The van der Waals surface area contributed by atoms with Crippen LogP contribution in [-0.4, -0.2) is 40.5 Å². The molecule has 0 unspecified atom stereocenters. The van der Waals surface area contributed by atoms with Gasteiger partial charge >= 0.3 is 0 Å². The van der Waals surface area contributed by atoms with Crippen LogP contribution in [0.2, 0.25) is 0 Å². The average Bonchev–Trinajstić information content (AvgIpc) is 2.66. The second kappa shape index (κ2) is 7.26. The number of amides is 1. The van der Waals surface area contributed by atoms with Crippen molar-refractivity contribution in [2.24, 2.45) is 0 Å². The Labute approximate surface area is 146 Å². The van der Waals surface area contributed by atoms with Gasteiger partial charge in [-0.1, -0.05) is 0 Å². The fourth-order valence-corrected chi connectivity index (χ4v) is 2.39. The minimum atomic E-state index is -2.73. The summed E-state index contributed by atoms with van der Waals surface area (Å²) >= 11 is 0. The molecule has 9 heteroatoms. The maximum absolute atomic E-state index is 12.8. The lowest BCUT2D eigenvalue weighted by atomic mass is 10.2. The number of hydrogen-bond donors (Lipinski definition) is 1. The third kappa shape index (κ3) is 3.37. The lowest BCUT2D eigenvalue weighted by Crippen LogP contribution is -2.36. The van der Waals surface area contributed by atoms with Crippen molar-refractivity contribution in [2.75, 3.05) is 13.7 Å². The van der Waals surface area contributed by atoms with Crippen molar-refractivity contribution in [3.63, 3.8) is 0 Å². The fourth-order valence-electron chi connectivity index (χ4n) is 2.39. The third-order valence-corrected chi connectivity index (χ3v) is 3.58. The minimum absolute atomic E-state index is 0.244. The fraction of sp³-hybridized carbons (Fsp3) is 0.176. The van der Waals surface area contributed by atoms with Gasteiger partial charge in [-0.05, 0) is 36.4 Å². The average molecular weight is 360 g/mol. The summed E-state index contributed by atoms with van der Waals surface area (Å²) in [6.45, 7) is -0.867. The van der Waals surface area contributed by atoms with Crippen LogP contribution >= 0.6 is 0 Å². The zero-order chi connectivity index (χ0) is 18.7. The molecular formula is C17H14F2N4O3. The molecule has 0 saturated carbocycles. The van der Waals surface area contributed by atoms with Gasteiger partial charge in [0.25, 0.3) is 17.9 Å². The van der Waals surface area contributed by atoms with Crippen molar-refractivity contribution in [1.82, 2.24) is 19.9 Å². The molecule has 2 heterocycles. The molecule has 2 aromatic heterocycles. The van der Waals surface area contributed by atoms with Gasteiger partial charge in [0.2, 0.25) is 0 Å². The number of hydrogen-bond acceptors (Lipinski definition) is 5. The molecule has 0 aliphatic heterocycles. The number of carbonyl (C=O) groups excluding carboxylic acids is 1. The van der Waals surface area contributed by atoms with Gasteiger partial charge in [-0.15, -0.1) is 0 Å². The third-order valence-electron chi connectivity index (χ3n) is 3.58. The van der Waals surface area contributed by atoms with Crippen molar-refractivity contribution in [3.05, 3.63) is 58.6 Å². The Bertz CT molecular complexity index is 1000. The van der Waals surface area contributed by atoms with Crippen molar-refractivity contribution in [3.8, 4) is 11.4 Å². The first kappa shape index (κ1) is 17.5. The van der Waals surface area contributed by atoms with Gasteiger partial charge < -0.3 is 10.1 Å². The standard InChI is InChI=1S/C17H14F2N4O3/c1-26-11-6-4-10(5-7-11)23-15-12(3-2-8-20-15)22-14(17(23)25)16(24)21-9-13(18)19/h2-8,13H,9H2,1H3,(H,21,24). The zero-order valence-corrected chi connectivity index (χ0v) is 13.6. The van der Waals surface area contributed by atoms with Crippen LogP contribution in [-0.2, 0) is 0 Å². The highest BCUT2D eigenvalue weighted by atomic mass is 19.3. The van der Waals surface area contributed by atoms with E-state index in [2.05, 4.69) is 9.97 Å². The van der Waals surface area contributed by atoms with E-state index < -0.39 is 30.1 Å². The van der Waals surface area contributed by atoms with E-state index in [9.17, 15) is 18.4 Å². The van der Waals surface area contributed by atoms with Gasteiger partial charge in [0.1, 0.15) is 11.3 Å². The second-order valence-corrected chi connectivity index (χ2v) is 5.25. The summed E-state index contributed by atoms with van der Waals surface area (Å²) < 4.78 is 31.0. The molecule has 26 heavy (non-hydrogen) atoms. The number of halogens is 2. The van der Waals surface area contributed by atoms with Gasteiger partial charge in [-0.25, -0.2) is 18.7 Å². The number of pyridine rings is 1. The summed E-state index contributed by atoms with van der Waals surface area (Å²) in [7, 11) is 1.51. The molecule has 0 bridgehead atoms. The molecule has 0 aliphatic carbocycles. The molecule has 7 nitrogen and oxygen atoms in total. The number of benzene rings is 1. The molecule has 0 atom stereocenters. The summed E-state index contributed by atoms with van der Waals surface area (Å²) in [5.41, 5.74) is -0.280. The number of fused-ring (bicyclic) bond motifs is 1. The van der Waals surface area contributed by atoms with Gasteiger partial charge in [0.15, 0.2) is 11.3 Å². The van der Waals surface area contributed by atoms with E-state index >= 15 is 0 Å². The molecule has 0 fully saturated rings. The predicted octanol–water partition coefficient (Wildman–Crippen LogP) is 1.78. The van der Waals surface area contributed by atoms with Crippen molar-refractivity contribution >= 4 is 17.1 Å². The van der Waals surface area contributed by atoms with E-state index in [4.69, 9.17) is 4.74 Å². The highest BCUT2D eigenvalue weighted by molar-refractivity contribution is 5.93. The first-order valence-electron chi connectivity index (χ1n) is 7.60. The van der Waals surface area contributed by atoms with E-state index in [0.29, 0.717) is 11.4 Å². The summed E-state index contributed by atoms with van der Waals surface area (Å²) in [5.74, 6) is -0.383. The number of nitrogens with one attached hydrogen (secondary N) is 1. The number of rotatable bonds is 5. The topological polar surface area (TPSA) is 86.1 Å². The number of carbonyl (C=O) groups is 1. The largest absolute Gasteiger partial charge is 0.497 e. The minimum Gasteiger partial charge on any atom is -0.497 e. The van der Waals surface area contributed by atoms with Crippen LogP contribution in [0.5, 0.6) is 5.75 Å². The number of alkyl halides is 2. The van der Waals surface area contributed by atoms with Crippen LogP contribution in [0.3, 0.4) is 0 Å². The Balaban J connectivity index is 2.18. The van der Waals surface area contributed by atoms with Crippen LogP contribution in [0.1, 0.15) is 10.5 Å². The van der Waals surface area contributed by atoms with Crippen LogP contribution in [0.25, 0.3) is 16.9 Å². The van der Waals surface area contributed by atoms with Crippen LogP contribution in [0.15, 0.2) is 47.4 Å². The highest BCUT2D eigenvalue weighted by Crippen LogP contribution is 2.17. The monoisotopic (exact) mass is 360 g/mol. The second-order valence-electron chi connectivity index (χ2n) is 5.25. The van der Waals surface area contributed by atoms with Crippen molar-refractivity contribution in [1.29, 1.82) is 0 Å². The summed E-state index contributed by atoms with van der Waals surface area (Å²) in [4.78, 5) is 33.1. The summed E-state index contributed by atoms with van der Waals surface area (Å²) in [6, 6.07) is 9.70. The Morgan fingerprint density at radius 1 is 1.27 bits per heavy atom. The molecule has 134 valence electrons. The zero-order valence-electron chi connectivity index (χ0n) is 13.6. The molecule has 1 aromatic carbocycles. The van der Waals surface area contributed by atoms with E-state index in [1.54, 1.807) is 36.4 Å². The molecule has 0 saturated heterocycles. The van der Waals surface area contributed by atoms with Crippen molar-refractivity contribution in [2.45, 2.75) is 6.43 Å². The number of methoxy groups -OCH3 is 1. The normalized spacial score (nSPS) is 10.9. The lowest BCUT2D eigenvalue weighted by Gasteiger charge is -2.12. The van der Waals surface area contributed by atoms with Gasteiger partial charge in [0.05, 0.1) is 19.3 Å². The SMILES string of the molecule is COc1ccc(-n2c(=O)c(C(=O)NCC(F)F)nc3cccnc32)cc1. The molecule has 1 amide bonds. The Hall–Kier alpha value is -3.36. The van der Waals surface area contributed by atoms with Crippen LogP contribution in [0, 0.1) is 0 Å². The smallest absolute Gasteiger partial charge is 0.288 e. The summed E-state index contributed by atoms with van der Waals surface area (Å²) in [5, 5.41) is 2.00. The van der Waals surface area contributed by atoms with Crippen LogP contribution < -0.4 is 15.6 Å². The van der Waals surface area contributed by atoms with E-state index in [0.717, 1.165) is 0 Å². The molecule has 1 N–H and O–H groups in total. The maximum atomic E-state index is 12.8. The van der Waals surface area contributed by atoms with E-state index in [-0.39, 0.29) is 11.2 Å². The number of nitrogens with zero attached hydrogens (tertiary/aromatic N) is 3. The Morgan fingerprint density at radius 3 is 2.65 bits per heavy atom.